The van der Waals surface area contributed by atoms with E-state index in [4.69, 9.17) is 11.6 Å². The zero-order chi connectivity index (χ0) is 21.7. The number of benzene rings is 1. The van der Waals surface area contributed by atoms with E-state index in [1.165, 1.54) is 18.3 Å². The number of rotatable bonds is 7. The monoisotopic (exact) mass is 430 g/mol. The number of amides is 1. The second-order valence-electron chi connectivity index (χ2n) is 7.88. The molecule has 1 aromatic carbocycles. The number of carboxylic acid groups (broad SMARTS) is 1. The highest BCUT2D eigenvalue weighted by atomic mass is 35.5. The Kier molecular flexibility index (Phi) is 7.29. The van der Waals surface area contributed by atoms with E-state index in [0.717, 1.165) is 25.9 Å². The number of halogens is 1. The predicted molar refractivity (Wildman–Crippen MR) is 118 cm³/mol. The van der Waals surface area contributed by atoms with Crippen molar-refractivity contribution in [1.82, 2.24) is 10.3 Å². The smallest absolute Gasteiger partial charge is 0.335 e. The summed E-state index contributed by atoms with van der Waals surface area (Å²) < 4.78 is 0. The number of hydrogen-bond acceptors (Lipinski definition) is 5. The number of carbonyl (C=O) groups is 2. The van der Waals surface area contributed by atoms with Crippen molar-refractivity contribution in [3.63, 3.8) is 0 Å². The van der Waals surface area contributed by atoms with Crippen LogP contribution < -0.4 is 16.0 Å². The fraction of sp³-hybridized carbons (Fsp3) is 0.409. The van der Waals surface area contributed by atoms with Gasteiger partial charge < -0.3 is 21.1 Å². The Morgan fingerprint density at radius 1 is 1.20 bits per heavy atom. The van der Waals surface area contributed by atoms with Gasteiger partial charge in [-0.1, -0.05) is 25.4 Å². The first-order chi connectivity index (χ1) is 14.3. The summed E-state index contributed by atoms with van der Waals surface area (Å²) in [6.07, 6.45) is 3.55. The van der Waals surface area contributed by atoms with E-state index in [2.05, 4.69) is 34.8 Å². The van der Waals surface area contributed by atoms with Crippen LogP contribution in [-0.2, 0) is 0 Å². The van der Waals surface area contributed by atoms with Gasteiger partial charge in [-0.25, -0.2) is 9.78 Å². The first-order valence-corrected chi connectivity index (χ1v) is 10.5. The van der Waals surface area contributed by atoms with E-state index in [0.29, 0.717) is 28.4 Å². The summed E-state index contributed by atoms with van der Waals surface area (Å²) in [5.74, 6) is -0.350. The molecule has 0 spiro atoms. The fourth-order valence-corrected chi connectivity index (χ4v) is 3.95. The number of pyridine rings is 1. The number of carbonyl (C=O) groups excluding carboxylic acids is 1. The van der Waals surface area contributed by atoms with Crippen molar-refractivity contribution in [3.8, 4) is 0 Å². The van der Waals surface area contributed by atoms with Crippen LogP contribution in [0.5, 0.6) is 0 Å². The maximum atomic E-state index is 13.0. The summed E-state index contributed by atoms with van der Waals surface area (Å²) in [4.78, 5) is 28.6. The van der Waals surface area contributed by atoms with Gasteiger partial charge in [-0.3, -0.25) is 4.79 Å². The van der Waals surface area contributed by atoms with Crippen LogP contribution in [0.4, 0.5) is 11.5 Å². The quantitative estimate of drug-likeness (QED) is 0.526. The van der Waals surface area contributed by atoms with E-state index < -0.39 is 11.9 Å². The highest BCUT2D eigenvalue weighted by molar-refractivity contribution is 6.30. The third kappa shape index (κ3) is 5.49. The molecule has 8 heteroatoms. The van der Waals surface area contributed by atoms with Gasteiger partial charge in [0, 0.05) is 17.9 Å². The average molecular weight is 431 g/mol. The molecule has 1 amide bonds. The lowest BCUT2D eigenvalue weighted by Gasteiger charge is -2.35. The van der Waals surface area contributed by atoms with E-state index >= 15 is 0 Å². The Labute approximate surface area is 181 Å². The summed E-state index contributed by atoms with van der Waals surface area (Å²) in [5.41, 5.74) is 0.938. The molecular formula is C22H27ClN4O3. The third-order valence-electron chi connectivity index (χ3n) is 5.41. The van der Waals surface area contributed by atoms with Crippen LogP contribution in [0.2, 0.25) is 5.02 Å². The van der Waals surface area contributed by atoms with Crippen LogP contribution in [-0.4, -0.2) is 41.1 Å². The van der Waals surface area contributed by atoms with Gasteiger partial charge in [0.05, 0.1) is 16.1 Å². The summed E-state index contributed by atoms with van der Waals surface area (Å²) in [6, 6.07) is 7.98. The number of piperidine rings is 1. The molecule has 4 N–H and O–H groups in total. The number of anilines is 2. The van der Waals surface area contributed by atoms with Crippen molar-refractivity contribution in [3.05, 3.63) is 52.7 Å². The minimum Gasteiger partial charge on any atom is -0.478 e. The SMILES string of the molecule is CC(C)C(Nc1ccc(C(=O)O)cc1C(=O)Nc1ccc(Cl)cn1)C1CCNCC1. The second-order valence-corrected chi connectivity index (χ2v) is 8.32. The summed E-state index contributed by atoms with van der Waals surface area (Å²) in [6.45, 7) is 6.26. The first kappa shape index (κ1) is 22.1. The van der Waals surface area contributed by atoms with Crippen molar-refractivity contribution < 1.29 is 14.7 Å². The van der Waals surface area contributed by atoms with Crippen LogP contribution in [0, 0.1) is 11.8 Å². The van der Waals surface area contributed by atoms with E-state index in [1.807, 2.05) is 0 Å². The van der Waals surface area contributed by atoms with Crippen molar-refractivity contribution in [2.75, 3.05) is 23.7 Å². The molecule has 1 aliphatic rings. The Balaban J connectivity index is 1.89. The normalized spacial score (nSPS) is 15.6. The molecule has 1 atom stereocenters. The zero-order valence-electron chi connectivity index (χ0n) is 17.1. The Bertz CT molecular complexity index is 896. The van der Waals surface area contributed by atoms with Crippen molar-refractivity contribution in [1.29, 1.82) is 0 Å². The molecule has 1 fully saturated rings. The lowest BCUT2D eigenvalue weighted by Crippen LogP contribution is -2.41. The number of aromatic carboxylic acids is 1. The highest BCUT2D eigenvalue weighted by Gasteiger charge is 2.27. The summed E-state index contributed by atoms with van der Waals surface area (Å²) in [7, 11) is 0. The van der Waals surface area contributed by atoms with Crippen LogP contribution in [0.1, 0.15) is 47.4 Å². The third-order valence-corrected chi connectivity index (χ3v) is 5.64. The number of nitrogens with zero attached hydrogens (tertiary/aromatic N) is 1. The molecule has 30 heavy (non-hydrogen) atoms. The maximum Gasteiger partial charge on any atom is 0.335 e. The standard InChI is InChI=1S/C22H27ClN4O3/c1-13(2)20(14-7-9-24-10-8-14)26-18-5-3-15(22(29)30)11-17(18)21(28)27-19-6-4-16(23)12-25-19/h3-6,11-14,20,24,26H,7-10H2,1-2H3,(H,29,30)(H,25,27,28). The van der Waals surface area contributed by atoms with Crippen molar-refractivity contribution >= 4 is 35.0 Å². The number of hydrogen-bond donors (Lipinski definition) is 4. The molecule has 1 saturated heterocycles. The number of nitrogens with one attached hydrogen (secondary N) is 3. The molecule has 2 heterocycles. The largest absolute Gasteiger partial charge is 0.478 e. The van der Waals surface area contributed by atoms with Crippen LogP contribution in [0.25, 0.3) is 0 Å². The Morgan fingerprint density at radius 2 is 1.93 bits per heavy atom. The molecule has 0 aliphatic carbocycles. The van der Waals surface area contributed by atoms with Crippen LogP contribution in [0.15, 0.2) is 36.5 Å². The van der Waals surface area contributed by atoms with E-state index in [9.17, 15) is 14.7 Å². The van der Waals surface area contributed by atoms with Gasteiger partial charge in [0.1, 0.15) is 5.82 Å². The molecular weight excluding hydrogens is 404 g/mol. The van der Waals surface area contributed by atoms with Gasteiger partial charge in [0.15, 0.2) is 0 Å². The van der Waals surface area contributed by atoms with Gasteiger partial charge in [-0.05, 0) is 68.1 Å². The molecule has 0 bridgehead atoms. The second kappa shape index (κ2) is 9.91. The molecule has 1 unspecified atom stereocenters. The molecule has 1 aliphatic heterocycles. The van der Waals surface area contributed by atoms with Gasteiger partial charge in [-0.15, -0.1) is 0 Å². The zero-order valence-corrected chi connectivity index (χ0v) is 17.9. The predicted octanol–water partition coefficient (Wildman–Crippen LogP) is 4.12. The number of aromatic nitrogens is 1. The molecule has 7 nitrogen and oxygen atoms in total. The van der Waals surface area contributed by atoms with E-state index in [1.54, 1.807) is 18.2 Å². The van der Waals surface area contributed by atoms with Crippen molar-refractivity contribution in [2.45, 2.75) is 32.7 Å². The topological polar surface area (TPSA) is 103 Å². The molecule has 2 aromatic rings. The minimum absolute atomic E-state index is 0.0535. The van der Waals surface area contributed by atoms with Crippen LogP contribution in [0.3, 0.4) is 0 Å². The Hall–Kier alpha value is -2.64. The highest BCUT2D eigenvalue weighted by Crippen LogP contribution is 2.28. The van der Waals surface area contributed by atoms with Gasteiger partial charge >= 0.3 is 5.97 Å². The molecule has 0 saturated carbocycles. The molecule has 1 aromatic heterocycles. The maximum absolute atomic E-state index is 13.0. The molecule has 0 radical (unpaired) electrons. The lowest BCUT2D eigenvalue weighted by molar-refractivity contribution is 0.0697. The van der Waals surface area contributed by atoms with Gasteiger partial charge in [0.25, 0.3) is 5.91 Å². The molecule has 160 valence electrons. The molecule has 3 rings (SSSR count). The number of carboxylic acids is 1. The Morgan fingerprint density at radius 3 is 2.53 bits per heavy atom. The minimum atomic E-state index is -1.08. The van der Waals surface area contributed by atoms with Crippen molar-refractivity contribution in [2.24, 2.45) is 11.8 Å². The van der Waals surface area contributed by atoms with Crippen LogP contribution >= 0.6 is 11.6 Å². The van der Waals surface area contributed by atoms with Gasteiger partial charge in [-0.2, -0.15) is 0 Å². The van der Waals surface area contributed by atoms with Gasteiger partial charge in [0.2, 0.25) is 0 Å². The average Bonchev–Trinajstić information content (AvgIpc) is 2.74. The lowest BCUT2D eigenvalue weighted by atomic mass is 9.83. The first-order valence-electron chi connectivity index (χ1n) is 10.1. The van der Waals surface area contributed by atoms with E-state index in [-0.39, 0.29) is 17.2 Å². The summed E-state index contributed by atoms with van der Waals surface area (Å²) in [5, 5.41) is 19.5. The summed E-state index contributed by atoms with van der Waals surface area (Å²) >= 11 is 5.85. The fourth-order valence-electron chi connectivity index (χ4n) is 3.84.